The number of hydrogen-bond acceptors (Lipinski definition) is 3. The van der Waals surface area contributed by atoms with Gasteiger partial charge in [0.15, 0.2) is 6.04 Å². The van der Waals surface area contributed by atoms with Gasteiger partial charge in [-0.2, -0.15) is 0 Å². The molecule has 0 saturated heterocycles. The van der Waals surface area contributed by atoms with Gasteiger partial charge in [0.1, 0.15) is 0 Å². The first-order valence-corrected chi connectivity index (χ1v) is 9.94. The first kappa shape index (κ1) is 22.7. The van der Waals surface area contributed by atoms with Gasteiger partial charge in [-0.15, -0.1) is 0 Å². The predicted molar refractivity (Wildman–Crippen MR) is 112 cm³/mol. The van der Waals surface area contributed by atoms with Gasteiger partial charge in [-0.3, -0.25) is 15.0 Å². The number of benzene rings is 2. The molecule has 0 heterocycles. The van der Waals surface area contributed by atoms with Gasteiger partial charge in [-0.1, -0.05) is 72.9 Å². The highest BCUT2D eigenvalue weighted by Crippen LogP contribution is 2.24. The largest absolute Gasteiger partial charge is 0.480 e. The summed E-state index contributed by atoms with van der Waals surface area (Å²) in [5, 5.41) is 10.9. The number of hydrazine groups is 1. The highest BCUT2D eigenvalue weighted by atomic mass is 35.5. The topological polar surface area (TPSA) is 86.7 Å². The van der Waals surface area contributed by atoms with Crippen LogP contribution in [0.25, 0.3) is 0 Å². The molecule has 0 aromatic heterocycles. The summed E-state index contributed by atoms with van der Waals surface area (Å²) in [6.45, 7) is 1.92. The van der Waals surface area contributed by atoms with Gasteiger partial charge in [-0.25, -0.2) is 9.80 Å². The van der Waals surface area contributed by atoms with Crippen LogP contribution in [0.3, 0.4) is 0 Å². The van der Waals surface area contributed by atoms with Crippen molar-refractivity contribution in [3.05, 3.63) is 69.7 Å². The number of carboxylic acids is 1. The smallest absolute Gasteiger partial charge is 0.328 e. The van der Waals surface area contributed by atoms with Gasteiger partial charge >= 0.3 is 5.97 Å². The lowest BCUT2D eigenvalue weighted by atomic mass is 10.0. The van der Waals surface area contributed by atoms with E-state index in [1.165, 1.54) is 12.1 Å². The number of halogens is 2. The molecule has 0 radical (unpaired) electrons. The first-order valence-electron chi connectivity index (χ1n) is 9.19. The number of aliphatic carboxylic acids is 1. The van der Waals surface area contributed by atoms with E-state index in [1.54, 1.807) is 30.3 Å². The molecule has 2 rings (SSSR count). The summed E-state index contributed by atoms with van der Waals surface area (Å²) in [6.07, 6.45) is 1.45. The number of amides is 2. The molecule has 1 atom stereocenters. The molecule has 2 amide bonds. The number of rotatable bonds is 8. The fraction of sp³-hybridized carbons (Fsp3) is 0.286. The number of hydrogen-bond donors (Lipinski definition) is 2. The zero-order chi connectivity index (χ0) is 21.4. The Kier molecular flexibility index (Phi) is 8.49. The average molecular weight is 437 g/mol. The van der Waals surface area contributed by atoms with Crippen molar-refractivity contribution in [3.8, 4) is 0 Å². The van der Waals surface area contributed by atoms with Crippen LogP contribution in [0.2, 0.25) is 10.0 Å². The summed E-state index contributed by atoms with van der Waals surface area (Å²) in [4.78, 5) is 37.5. The predicted octanol–water partition coefficient (Wildman–Crippen LogP) is 4.35. The molecular weight excluding hydrogens is 415 g/mol. The summed E-state index contributed by atoms with van der Waals surface area (Å²) >= 11 is 12.2. The number of carboxylic acid groups (broad SMARTS) is 1. The van der Waals surface area contributed by atoms with E-state index in [2.05, 4.69) is 5.43 Å². The lowest BCUT2D eigenvalue weighted by Crippen LogP contribution is -2.55. The van der Waals surface area contributed by atoms with Crippen LogP contribution in [-0.2, 0) is 16.0 Å². The molecule has 0 bridgehead atoms. The number of carbonyl (C=O) groups is 3. The van der Waals surface area contributed by atoms with Crippen molar-refractivity contribution >= 4 is 41.0 Å². The summed E-state index contributed by atoms with van der Waals surface area (Å²) < 4.78 is 0. The molecule has 29 heavy (non-hydrogen) atoms. The number of unbranched alkanes of at least 4 members (excludes halogenated alkanes) is 1. The van der Waals surface area contributed by atoms with Crippen LogP contribution in [0.15, 0.2) is 48.5 Å². The molecule has 0 aliphatic carbocycles. The molecule has 6 nitrogen and oxygen atoms in total. The molecule has 8 heteroatoms. The molecule has 0 aliphatic heterocycles. The first-order chi connectivity index (χ1) is 13.8. The van der Waals surface area contributed by atoms with Gasteiger partial charge in [0.05, 0.1) is 15.6 Å². The Morgan fingerprint density at radius 2 is 1.66 bits per heavy atom. The van der Waals surface area contributed by atoms with Crippen LogP contribution in [0.5, 0.6) is 0 Å². The second-order valence-electron chi connectivity index (χ2n) is 6.45. The molecule has 0 fully saturated rings. The van der Waals surface area contributed by atoms with Crippen molar-refractivity contribution in [2.24, 2.45) is 0 Å². The van der Waals surface area contributed by atoms with Crippen LogP contribution in [0.4, 0.5) is 0 Å². The van der Waals surface area contributed by atoms with E-state index in [0.29, 0.717) is 6.42 Å². The Balaban J connectivity index is 2.35. The van der Waals surface area contributed by atoms with Gasteiger partial charge in [-0.05, 0) is 24.1 Å². The summed E-state index contributed by atoms with van der Waals surface area (Å²) in [7, 11) is 0. The minimum absolute atomic E-state index is 0.0204. The zero-order valence-corrected chi connectivity index (χ0v) is 17.4. The Hall–Kier alpha value is -2.57. The maximum absolute atomic E-state index is 12.8. The lowest BCUT2D eigenvalue weighted by molar-refractivity contribution is -0.152. The van der Waals surface area contributed by atoms with Gasteiger partial charge in [0, 0.05) is 12.8 Å². The van der Waals surface area contributed by atoms with E-state index in [1.807, 2.05) is 13.0 Å². The van der Waals surface area contributed by atoms with Crippen LogP contribution in [-0.4, -0.2) is 33.9 Å². The molecule has 0 unspecified atom stereocenters. The quantitative estimate of drug-likeness (QED) is 0.601. The van der Waals surface area contributed by atoms with Crippen molar-refractivity contribution in [2.45, 2.75) is 38.6 Å². The van der Waals surface area contributed by atoms with Gasteiger partial charge in [0.2, 0.25) is 5.91 Å². The standard InChI is InChI=1S/C21H22Cl2N2O4/c1-2-3-12-18(26)25(17(21(28)29)13-14-8-5-4-6-9-14)24-20(27)19-15(22)10-7-11-16(19)23/h4-11,17H,2-3,12-13H2,1H3,(H,24,27)(H,28,29)/t17-/m0/s1. The molecule has 2 N–H and O–H groups in total. The van der Waals surface area contributed by atoms with Crippen LogP contribution in [0, 0.1) is 0 Å². The normalized spacial score (nSPS) is 11.6. The third kappa shape index (κ3) is 6.21. The fourth-order valence-corrected chi connectivity index (χ4v) is 3.34. The number of nitrogens with one attached hydrogen (secondary N) is 1. The van der Waals surface area contributed by atoms with Crippen LogP contribution in [0.1, 0.15) is 42.1 Å². The second kappa shape index (κ2) is 10.8. The fourth-order valence-electron chi connectivity index (χ4n) is 2.77. The van der Waals surface area contributed by atoms with Crippen LogP contribution >= 0.6 is 23.2 Å². The van der Waals surface area contributed by atoms with E-state index >= 15 is 0 Å². The zero-order valence-electron chi connectivity index (χ0n) is 15.9. The summed E-state index contributed by atoms with van der Waals surface area (Å²) in [6, 6.07) is 12.2. The second-order valence-corrected chi connectivity index (χ2v) is 7.26. The summed E-state index contributed by atoms with van der Waals surface area (Å²) in [5.41, 5.74) is 3.12. The molecule has 2 aromatic rings. The van der Waals surface area contributed by atoms with E-state index < -0.39 is 23.8 Å². The Bertz CT molecular complexity index is 854. The third-order valence-electron chi connectivity index (χ3n) is 4.29. The third-order valence-corrected chi connectivity index (χ3v) is 4.92. The average Bonchev–Trinajstić information content (AvgIpc) is 2.69. The Morgan fingerprint density at radius 1 is 1.03 bits per heavy atom. The molecular formula is C21H22Cl2N2O4. The van der Waals surface area contributed by atoms with Crippen molar-refractivity contribution in [1.29, 1.82) is 0 Å². The van der Waals surface area contributed by atoms with Crippen molar-refractivity contribution in [1.82, 2.24) is 10.4 Å². The Morgan fingerprint density at radius 3 is 2.21 bits per heavy atom. The number of nitrogens with zero attached hydrogens (tertiary/aromatic N) is 1. The van der Waals surface area contributed by atoms with Crippen molar-refractivity contribution < 1.29 is 19.5 Å². The van der Waals surface area contributed by atoms with E-state index in [4.69, 9.17) is 23.2 Å². The molecule has 0 spiro atoms. The maximum atomic E-state index is 12.8. The van der Waals surface area contributed by atoms with Crippen LogP contribution < -0.4 is 5.43 Å². The molecule has 0 saturated carbocycles. The van der Waals surface area contributed by atoms with Crippen molar-refractivity contribution in [2.75, 3.05) is 0 Å². The van der Waals surface area contributed by atoms with E-state index in [9.17, 15) is 19.5 Å². The molecule has 154 valence electrons. The monoisotopic (exact) mass is 436 g/mol. The summed E-state index contributed by atoms with van der Waals surface area (Å²) in [5.74, 6) is -2.47. The van der Waals surface area contributed by atoms with Gasteiger partial charge in [0.25, 0.3) is 5.91 Å². The minimum atomic E-state index is -1.29. The molecule has 0 aliphatic rings. The van der Waals surface area contributed by atoms with Crippen molar-refractivity contribution in [3.63, 3.8) is 0 Å². The highest BCUT2D eigenvalue weighted by molar-refractivity contribution is 6.39. The lowest BCUT2D eigenvalue weighted by Gasteiger charge is -2.29. The SMILES string of the molecule is CCCCC(=O)N(NC(=O)c1c(Cl)cccc1Cl)[C@@H](Cc1ccccc1)C(=O)O. The van der Waals surface area contributed by atoms with E-state index in [0.717, 1.165) is 17.0 Å². The van der Waals surface area contributed by atoms with Gasteiger partial charge < -0.3 is 5.11 Å². The Labute approximate surface area is 179 Å². The van der Waals surface area contributed by atoms with E-state index in [-0.39, 0.29) is 28.5 Å². The minimum Gasteiger partial charge on any atom is -0.480 e. The number of carbonyl (C=O) groups excluding carboxylic acids is 2. The molecule has 2 aromatic carbocycles. The highest BCUT2D eigenvalue weighted by Gasteiger charge is 2.32. The maximum Gasteiger partial charge on any atom is 0.328 e.